The number of ether oxygens (including phenoxy) is 1. The minimum absolute atomic E-state index is 0.366. The van der Waals surface area contributed by atoms with Crippen LogP contribution < -0.4 is 15.4 Å². The van der Waals surface area contributed by atoms with Crippen molar-refractivity contribution >= 4 is 23.5 Å². The van der Waals surface area contributed by atoms with Gasteiger partial charge in [0.2, 0.25) is 17.8 Å². The maximum Gasteiger partial charge on any atom is 0.453 e. The van der Waals surface area contributed by atoms with Crippen molar-refractivity contribution < 1.29 is 27.5 Å². The summed E-state index contributed by atoms with van der Waals surface area (Å²) in [5, 5.41) is 8.10. The summed E-state index contributed by atoms with van der Waals surface area (Å²) < 4.78 is 45.1. The molecule has 154 valence electrons. The lowest BCUT2D eigenvalue weighted by Gasteiger charge is -2.22. The van der Waals surface area contributed by atoms with E-state index in [2.05, 4.69) is 20.7 Å². The van der Waals surface area contributed by atoms with Gasteiger partial charge < -0.3 is 10.1 Å². The van der Waals surface area contributed by atoms with Crippen molar-refractivity contribution in [2.75, 3.05) is 10.6 Å². The normalized spacial score (nSPS) is 15.8. The lowest BCUT2D eigenvalue weighted by atomic mass is 10.1. The molecule has 0 spiro atoms. The third-order valence-electron chi connectivity index (χ3n) is 4.21. The summed E-state index contributed by atoms with van der Waals surface area (Å²) in [7, 11) is 0. The molecule has 0 fully saturated rings. The zero-order chi connectivity index (χ0) is 21.3. The monoisotopic (exact) mass is 417 g/mol. The number of alkyl halides is 3. The summed E-state index contributed by atoms with van der Waals surface area (Å²) in [6, 6.07) is 14.2. The van der Waals surface area contributed by atoms with E-state index in [0.717, 1.165) is 4.68 Å². The summed E-state index contributed by atoms with van der Waals surface area (Å²) in [6.07, 6.45) is -5.17. The van der Waals surface area contributed by atoms with Gasteiger partial charge in [0.1, 0.15) is 17.5 Å². The Bertz CT molecular complexity index is 1080. The van der Waals surface area contributed by atoms with Gasteiger partial charge in [-0.3, -0.25) is 14.9 Å². The SMILES string of the molecule is O=C1CC(C(=O)Nc2ccc(Oc3ccccc3)cc2)n2nc(C(F)(F)F)nc2N1. The molecule has 3 aromatic rings. The van der Waals surface area contributed by atoms with Crippen molar-refractivity contribution in [1.29, 1.82) is 0 Å². The first-order valence-electron chi connectivity index (χ1n) is 8.77. The highest BCUT2D eigenvalue weighted by molar-refractivity contribution is 6.00. The van der Waals surface area contributed by atoms with Crippen molar-refractivity contribution in [2.24, 2.45) is 0 Å². The Morgan fingerprint density at radius 2 is 1.77 bits per heavy atom. The van der Waals surface area contributed by atoms with Crippen LogP contribution >= 0.6 is 0 Å². The standard InChI is InChI=1S/C19H14F3N5O3/c20-19(21,22)17-25-18-24-15(28)10-14(27(18)26-17)16(29)23-11-6-8-13(9-7-11)30-12-4-2-1-3-5-12/h1-9,14H,10H2,(H,23,29)(H,24,25,26,28). The second-order valence-corrected chi connectivity index (χ2v) is 6.40. The summed E-state index contributed by atoms with van der Waals surface area (Å²) in [5.74, 6) is -2.01. The molecule has 1 aromatic heterocycles. The zero-order valence-electron chi connectivity index (χ0n) is 15.2. The Hall–Kier alpha value is -3.89. The molecular weight excluding hydrogens is 403 g/mol. The van der Waals surface area contributed by atoms with E-state index in [4.69, 9.17) is 4.74 Å². The maximum atomic E-state index is 12.9. The van der Waals surface area contributed by atoms with E-state index < -0.39 is 35.8 Å². The molecule has 0 saturated heterocycles. The fourth-order valence-corrected chi connectivity index (χ4v) is 2.84. The van der Waals surface area contributed by atoms with Gasteiger partial charge >= 0.3 is 6.18 Å². The fourth-order valence-electron chi connectivity index (χ4n) is 2.84. The lowest BCUT2D eigenvalue weighted by molar-refractivity contribution is -0.145. The molecule has 1 aliphatic rings. The van der Waals surface area contributed by atoms with Crippen LogP contribution in [0.1, 0.15) is 18.3 Å². The number of amides is 2. The van der Waals surface area contributed by atoms with E-state index in [-0.39, 0.29) is 6.42 Å². The molecule has 2 heterocycles. The number of carbonyl (C=O) groups is 2. The minimum Gasteiger partial charge on any atom is -0.457 e. The van der Waals surface area contributed by atoms with Gasteiger partial charge in [-0.1, -0.05) is 18.2 Å². The van der Waals surface area contributed by atoms with Crippen LogP contribution in [-0.2, 0) is 15.8 Å². The number of fused-ring (bicyclic) bond motifs is 1. The zero-order valence-corrected chi connectivity index (χ0v) is 15.2. The largest absolute Gasteiger partial charge is 0.457 e. The Morgan fingerprint density at radius 3 is 2.43 bits per heavy atom. The molecule has 8 nitrogen and oxygen atoms in total. The average molecular weight is 417 g/mol. The first-order valence-corrected chi connectivity index (χ1v) is 8.77. The highest BCUT2D eigenvalue weighted by Gasteiger charge is 2.41. The van der Waals surface area contributed by atoms with Crippen molar-refractivity contribution in [3.63, 3.8) is 0 Å². The number of hydrogen-bond acceptors (Lipinski definition) is 5. The summed E-state index contributed by atoms with van der Waals surface area (Å²) >= 11 is 0. The van der Waals surface area contributed by atoms with Crippen LogP contribution in [0.5, 0.6) is 11.5 Å². The molecule has 0 aliphatic carbocycles. The predicted molar refractivity (Wildman–Crippen MR) is 98.9 cm³/mol. The number of aromatic nitrogens is 3. The van der Waals surface area contributed by atoms with Gasteiger partial charge in [-0.2, -0.15) is 18.2 Å². The van der Waals surface area contributed by atoms with Crippen LogP contribution in [0.4, 0.5) is 24.8 Å². The molecule has 0 saturated carbocycles. The lowest BCUT2D eigenvalue weighted by Crippen LogP contribution is -2.36. The quantitative estimate of drug-likeness (QED) is 0.676. The second kappa shape index (κ2) is 7.50. The van der Waals surface area contributed by atoms with E-state index in [1.54, 1.807) is 36.4 Å². The van der Waals surface area contributed by atoms with E-state index in [0.29, 0.717) is 17.2 Å². The molecule has 2 aromatic carbocycles. The first kappa shape index (κ1) is 19.4. The summed E-state index contributed by atoms with van der Waals surface area (Å²) in [5.41, 5.74) is 0.379. The molecule has 0 bridgehead atoms. The predicted octanol–water partition coefficient (Wildman–Crippen LogP) is 3.61. The highest BCUT2D eigenvalue weighted by Crippen LogP contribution is 2.31. The number of carbonyl (C=O) groups excluding carboxylic acids is 2. The molecule has 1 unspecified atom stereocenters. The Morgan fingerprint density at radius 1 is 1.10 bits per heavy atom. The van der Waals surface area contributed by atoms with Gasteiger partial charge in [-0.15, -0.1) is 5.10 Å². The summed E-state index contributed by atoms with van der Waals surface area (Å²) in [4.78, 5) is 27.7. The van der Waals surface area contributed by atoms with Gasteiger partial charge in [0, 0.05) is 5.69 Å². The van der Waals surface area contributed by atoms with Gasteiger partial charge in [0.25, 0.3) is 5.82 Å². The smallest absolute Gasteiger partial charge is 0.453 e. The van der Waals surface area contributed by atoms with Gasteiger partial charge in [0.15, 0.2) is 0 Å². The van der Waals surface area contributed by atoms with Crippen LogP contribution in [0.25, 0.3) is 0 Å². The van der Waals surface area contributed by atoms with Gasteiger partial charge in [-0.25, -0.2) is 4.68 Å². The molecule has 30 heavy (non-hydrogen) atoms. The Labute approximate surface area is 167 Å². The number of benzene rings is 2. The molecule has 2 amide bonds. The molecule has 11 heteroatoms. The van der Waals surface area contributed by atoms with E-state index in [1.165, 1.54) is 0 Å². The van der Waals surface area contributed by atoms with Crippen LogP contribution in [0.2, 0.25) is 0 Å². The van der Waals surface area contributed by atoms with E-state index >= 15 is 0 Å². The number of hydrogen-bond donors (Lipinski definition) is 2. The number of para-hydroxylation sites is 1. The van der Waals surface area contributed by atoms with Crippen LogP contribution in [0.15, 0.2) is 54.6 Å². The maximum absolute atomic E-state index is 12.9. The third kappa shape index (κ3) is 4.09. The number of halogens is 3. The number of nitrogens with one attached hydrogen (secondary N) is 2. The molecule has 1 atom stereocenters. The molecule has 1 aliphatic heterocycles. The van der Waals surface area contributed by atoms with Crippen molar-refractivity contribution in [1.82, 2.24) is 14.8 Å². The second-order valence-electron chi connectivity index (χ2n) is 6.40. The average Bonchev–Trinajstić information content (AvgIpc) is 3.14. The molecule has 4 rings (SSSR count). The van der Waals surface area contributed by atoms with Crippen LogP contribution in [-0.4, -0.2) is 26.6 Å². The van der Waals surface area contributed by atoms with E-state index in [1.807, 2.05) is 18.2 Å². The van der Waals surface area contributed by atoms with Crippen LogP contribution in [0, 0.1) is 0 Å². The Balaban J connectivity index is 1.49. The molecule has 2 N–H and O–H groups in total. The van der Waals surface area contributed by atoms with Crippen molar-refractivity contribution in [3.8, 4) is 11.5 Å². The molecular formula is C19H14F3N5O3. The van der Waals surface area contributed by atoms with E-state index in [9.17, 15) is 22.8 Å². The Kier molecular flexibility index (Phi) is 4.86. The number of rotatable bonds is 4. The number of anilines is 2. The first-order chi connectivity index (χ1) is 14.3. The van der Waals surface area contributed by atoms with Gasteiger partial charge in [-0.05, 0) is 36.4 Å². The fraction of sp³-hybridized carbons (Fsp3) is 0.158. The highest BCUT2D eigenvalue weighted by atomic mass is 19.4. The third-order valence-corrected chi connectivity index (χ3v) is 4.21. The van der Waals surface area contributed by atoms with Gasteiger partial charge in [0.05, 0.1) is 6.42 Å². The van der Waals surface area contributed by atoms with Crippen molar-refractivity contribution in [3.05, 3.63) is 60.4 Å². The molecule has 0 radical (unpaired) electrons. The number of nitrogens with zero attached hydrogens (tertiary/aromatic N) is 3. The summed E-state index contributed by atoms with van der Waals surface area (Å²) in [6.45, 7) is 0. The van der Waals surface area contributed by atoms with Crippen LogP contribution in [0.3, 0.4) is 0 Å². The minimum atomic E-state index is -4.80. The topological polar surface area (TPSA) is 98.1 Å². The van der Waals surface area contributed by atoms with Crippen molar-refractivity contribution in [2.45, 2.75) is 18.6 Å².